The molecule has 2 rings (SSSR count). The Hall–Kier alpha value is -1.36. The van der Waals surface area contributed by atoms with Crippen LogP contribution in [0, 0.1) is 0 Å². The summed E-state index contributed by atoms with van der Waals surface area (Å²) in [6.07, 6.45) is 3.41. The molecule has 0 bridgehead atoms. The minimum absolute atomic E-state index is 0.0314. The number of piperazine rings is 1. The van der Waals surface area contributed by atoms with Gasteiger partial charge in [0.2, 0.25) is 0 Å². The molecule has 15 heavy (non-hydrogen) atoms. The number of rotatable bonds is 1. The Bertz CT molecular complexity index is 360. The SMILES string of the molecule is C[C@@H]1CN(C(=O)c2cn(C)cn2)CCN1. The van der Waals surface area contributed by atoms with E-state index in [1.54, 1.807) is 17.1 Å². The Balaban J connectivity index is 2.07. The fourth-order valence-corrected chi connectivity index (χ4v) is 1.80. The number of carbonyl (C=O) groups excluding carboxylic acids is 1. The fourth-order valence-electron chi connectivity index (χ4n) is 1.80. The molecule has 0 unspecified atom stereocenters. The van der Waals surface area contributed by atoms with Crippen LogP contribution in [0.15, 0.2) is 12.5 Å². The van der Waals surface area contributed by atoms with Gasteiger partial charge in [-0.3, -0.25) is 4.79 Å². The summed E-state index contributed by atoms with van der Waals surface area (Å²) in [5.41, 5.74) is 0.534. The molecule has 1 aromatic heterocycles. The molecule has 82 valence electrons. The quantitative estimate of drug-likeness (QED) is 0.698. The number of amides is 1. The van der Waals surface area contributed by atoms with Gasteiger partial charge in [-0.2, -0.15) is 0 Å². The van der Waals surface area contributed by atoms with Crippen molar-refractivity contribution in [3.63, 3.8) is 0 Å². The molecule has 1 fully saturated rings. The van der Waals surface area contributed by atoms with Crippen molar-refractivity contribution in [2.24, 2.45) is 7.05 Å². The number of aromatic nitrogens is 2. The van der Waals surface area contributed by atoms with E-state index in [0.717, 1.165) is 19.6 Å². The summed E-state index contributed by atoms with van der Waals surface area (Å²) in [7, 11) is 1.87. The Kier molecular flexibility index (Phi) is 2.73. The van der Waals surface area contributed by atoms with Crippen molar-refractivity contribution < 1.29 is 4.79 Å². The van der Waals surface area contributed by atoms with E-state index in [1.807, 2.05) is 11.9 Å². The van der Waals surface area contributed by atoms with E-state index in [1.165, 1.54) is 0 Å². The minimum atomic E-state index is 0.0314. The maximum atomic E-state index is 12.0. The molecule has 1 saturated heterocycles. The average molecular weight is 208 g/mol. The normalized spacial score (nSPS) is 21.7. The molecule has 0 aliphatic carbocycles. The van der Waals surface area contributed by atoms with Gasteiger partial charge in [-0.25, -0.2) is 4.98 Å². The largest absolute Gasteiger partial charge is 0.340 e. The van der Waals surface area contributed by atoms with Gasteiger partial charge in [0, 0.05) is 38.9 Å². The molecule has 1 aromatic rings. The van der Waals surface area contributed by atoms with E-state index in [9.17, 15) is 4.79 Å². The lowest BCUT2D eigenvalue weighted by Crippen LogP contribution is -2.51. The summed E-state index contributed by atoms with van der Waals surface area (Å²) >= 11 is 0. The third-order valence-corrected chi connectivity index (χ3v) is 2.58. The second-order valence-electron chi connectivity index (χ2n) is 4.03. The number of hydrogen-bond donors (Lipinski definition) is 1. The molecule has 0 spiro atoms. The van der Waals surface area contributed by atoms with Gasteiger partial charge in [0.1, 0.15) is 5.69 Å². The molecule has 0 radical (unpaired) electrons. The van der Waals surface area contributed by atoms with Crippen LogP contribution in [0.1, 0.15) is 17.4 Å². The molecule has 5 heteroatoms. The number of nitrogens with zero attached hydrogens (tertiary/aromatic N) is 3. The first-order valence-electron chi connectivity index (χ1n) is 5.17. The van der Waals surface area contributed by atoms with Crippen molar-refractivity contribution in [2.75, 3.05) is 19.6 Å². The van der Waals surface area contributed by atoms with Gasteiger partial charge >= 0.3 is 0 Å². The molecule has 1 atom stereocenters. The number of hydrogen-bond acceptors (Lipinski definition) is 3. The lowest BCUT2D eigenvalue weighted by molar-refractivity contribution is 0.0703. The fraction of sp³-hybridized carbons (Fsp3) is 0.600. The van der Waals surface area contributed by atoms with Gasteiger partial charge in [-0.1, -0.05) is 0 Å². The van der Waals surface area contributed by atoms with Crippen molar-refractivity contribution in [3.05, 3.63) is 18.2 Å². The van der Waals surface area contributed by atoms with Crippen LogP contribution >= 0.6 is 0 Å². The third-order valence-electron chi connectivity index (χ3n) is 2.58. The zero-order valence-electron chi connectivity index (χ0n) is 9.10. The van der Waals surface area contributed by atoms with E-state index in [0.29, 0.717) is 11.7 Å². The summed E-state index contributed by atoms with van der Waals surface area (Å²) < 4.78 is 1.79. The summed E-state index contributed by atoms with van der Waals surface area (Å²) in [4.78, 5) is 17.9. The second-order valence-corrected chi connectivity index (χ2v) is 4.03. The van der Waals surface area contributed by atoms with Crippen LogP contribution in [0.3, 0.4) is 0 Å². The number of nitrogens with one attached hydrogen (secondary N) is 1. The number of imidazole rings is 1. The molecule has 1 aliphatic rings. The van der Waals surface area contributed by atoms with Crippen LogP contribution in [-0.4, -0.2) is 46.0 Å². The van der Waals surface area contributed by atoms with Crippen molar-refractivity contribution in [1.29, 1.82) is 0 Å². The zero-order chi connectivity index (χ0) is 10.8. The van der Waals surface area contributed by atoms with Crippen LogP contribution in [0.5, 0.6) is 0 Å². The molecule has 1 N–H and O–H groups in total. The lowest BCUT2D eigenvalue weighted by Gasteiger charge is -2.31. The minimum Gasteiger partial charge on any atom is -0.340 e. The first-order chi connectivity index (χ1) is 7.16. The first-order valence-corrected chi connectivity index (χ1v) is 5.17. The van der Waals surface area contributed by atoms with E-state index in [4.69, 9.17) is 0 Å². The molecular weight excluding hydrogens is 192 g/mol. The Morgan fingerprint density at radius 3 is 3.07 bits per heavy atom. The van der Waals surface area contributed by atoms with Gasteiger partial charge in [-0.15, -0.1) is 0 Å². The summed E-state index contributed by atoms with van der Waals surface area (Å²) in [5, 5.41) is 3.30. The van der Waals surface area contributed by atoms with Crippen LogP contribution in [0.4, 0.5) is 0 Å². The molecular formula is C10H16N4O. The van der Waals surface area contributed by atoms with Gasteiger partial charge in [0.05, 0.1) is 6.33 Å². The highest BCUT2D eigenvalue weighted by Crippen LogP contribution is 2.05. The van der Waals surface area contributed by atoms with E-state index < -0.39 is 0 Å². The molecule has 0 aromatic carbocycles. The number of aryl methyl sites for hydroxylation is 1. The third kappa shape index (κ3) is 2.18. The molecule has 1 amide bonds. The Morgan fingerprint density at radius 2 is 2.47 bits per heavy atom. The average Bonchev–Trinajstić information content (AvgIpc) is 2.64. The highest BCUT2D eigenvalue weighted by atomic mass is 16.2. The van der Waals surface area contributed by atoms with Crippen LogP contribution in [0.25, 0.3) is 0 Å². The van der Waals surface area contributed by atoms with Crippen molar-refractivity contribution in [3.8, 4) is 0 Å². The van der Waals surface area contributed by atoms with Crippen molar-refractivity contribution >= 4 is 5.91 Å². The predicted molar refractivity (Wildman–Crippen MR) is 56.6 cm³/mol. The van der Waals surface area contributed by atoms with Gasteiger partial charge in [0.15, 0.2) is 0 Å². The zero-order valence-corrected chi connectivity index (χ0v) is 9.10. The molecule has 0 saturated carbocycles. The highest BCUT2D eigenvalue weighted by molar-refractivity contribution is 5.92. The Labute approximate surface area is 89.1 Å². The summed E-state index contributed by atoms with van der Waals surface area (Å²) in [6, 6.07) is 0.367. The smallest absolute Gasteiger partial charge is 0.274 e. The molecule has 5 nitrogen and oxygen atoms in total. The van der Waals surface area contributed by atoms with Gasteiger partial charge in [0.25, 0.3) is 5.91 Å². The van der Waals surface area contributed by atoms with Crippen molar-refractivity contribution in [2.45, 2.75) is 13.0 Å². The monoisotopic (exact) mass is 208 g/mol. The lowest BCUT2D eigenvalue weighted by atomic mass is 10.2. The topological polar surface area (TPSA) is 50.2 Å². The van der Waals surface area contributed by atoms with Crippen LogP contribution < -0.4 is 5.32 Å². The standard InChI is InChI=1S/C10H16N4O/c1-8-5-14(4-3-11-8)10(15)9-6-13(2)7-12-9/h6-8,11H,3-5H2,1-2H3/t8-/m1/s1. The van der Waals surface area contributed by atoms with E-state index >= 15 is 0 Å². The summed E-state index contributed by atoms with van der Waals surface area (Å²) in [5.74, 6) is 0.0314. The predicted octanol–water partition coefficient (Wildman–Crippen LogP) is -0.146. The van der Waals surface area contributed by atoms with E-state index in [-0.39, 0.29) is 5.91 Å². The van der Waals surface area contributed by atoms with Gasteiger partial charge in [-0.05, 0) is 6.92 Å². The van der Waals surface area contributed by atoms with E-state index in [2.05, 4.69) is 17.2 Å². The highest BCUT2D eigenvalue weighted by Gasteiger charge is 2.22. The maximum Gasteiger partial charge on any atom is 0.274 e. The first kappa shape index (κ1) is 10.2. The van der Waals surface area contributed by atoms with Crippen LogP contribution in [0.2, 0.25) is 0 Å². The van der Waals surface area contributed by atoms with Crippen molar-refractivity contribution in [1.82, 2.24) is 19.8 Å². The Morgan fingerprint density at radius 1 is 1.67 bits per heavy atom. The molecule has 1 aliphatic heterocycles. The van der Waals surface area contributed by atoms with Gasteiger partial charge < -0.3 is 14.8 Å². The second kappa shape index (κ2) is 4.02. The summed E-state index contributed by atoms with van der Waals surface area (Å²) in [6.45, 7) is 4.47. The number of carbonyl (C=O) groups is 1. The molecule has 2 heterocycles. The maximum absolute atomic E-state index is 12.0. The van der Waals surface area contributed by atoms with Crippen LogP contribution in [-0.2, 0) is 7.05 Å².